The second-order valence-electron chi connectivity index (χ2n) is 9.99. The summed E-state index contributed by atoms with van der Waals surface area (Å²) < 4.78 is 27.0. The van der Waals surface area contributed by atoms with Gasteiger partial charge < -0.3 is 19.5 Å². The average Bonchev–Trinajstić information content (AvgIpc) is 3.10. The molecule has 1 aliphatic heterocycles. The molecule has 0 saturated carbocycles. The van der Waals surface area contributed by atoms with E-state index in [1.165, 1.54) is 5.56 Å². The number of rotatable bonds is 6. The molecule has 2 aromatic carbocycles. The number of aromatic hydroxyl groups is 1. The normalized spacial score (nSPS) is 24.3. The van der Waals surface area contributed by atoms with Gasteiger partial charge in [-0.2, -0.15) is 0 Å². The Balaban J connectivity index is 1.42. The highest BCUT2D eigenvalue weighted by atomic mass is 19.1. The average molecular weight is 488 g/mol. The molecule has 36 heavy (non-hydrogen) atoms. The summed E-state index contributed by atoms with van der Waals surface area (Å²) in [5.74, 6) is 6.35. The second-order valence-corrected chi connectivity index (χ2v) is 9.99. The maximum atomic E-state index is 16.1. The number of piperidine rings is 1. The minimum absolute atomic E-state index is 0.122. The lowest BCUT2D eigenvalue weighted by Crippen LogP contribution is -2.38. The fourth-order valence-electron chi connectivity index (χ4n) is 6.23. The van der Waals surface area contributed by atoms with Crippen LogP contribution in [0.3, 0.4) is 0 Å². The highest BCUT2D eigenvalue weighted by molar-refractivity contribution is 5.47. The zero-order valence-electron chi connectivity index (χ0n) is 21.0. The van der Waals surface area contributed by atoms with Crippen molar-refractivity contribution in [1.29, 1.82) is 0 Å². The first kappa shape index (κ1) is 24.6. The zero-order valence-corrected chi connectivity index (χ0v) is 21.0. The Bertz CT molecular complexity index is 1180. The summed E-state index contributed by atoms with van der Waals surface area (Å²) in [7, 11) is 3.35. The van der Waals surface area contributed by atoms with Gasteiger partial charge in [0.1, 0.15) is 11.6 Å². The molecule has 2 aliphatic carbocycles. The van der Waals surface area contributed by atoms with Gasteiger partial charge in [0.25, 0.3) is 0 Å². The number of likely N-dealkylation sites (tertiary alicyclic amines) is 1. The first-order valence-corrected chi connectivity index (χ1v) is 12.8. The maximum absolute atomic E-state index is 16.1. The fourth-order valence-corrected chi connectivity index (χ4v) is 6.23. The van der Waals surface area contributed by atoms with E-state index in [0.29, 0.717) is 5.92 Å². The van der Waals surface area contributed by atoms with E-state index < -0.39 is 5.92 Å². The van der Waals surface area contributed by atoms with Gasteiger partial charge in [0, 0.05) is 50.9 Å². The zero-order chi connectivity index (χ0) is 25.1. The summed E-state index contributed by atoms with van der Waals surface area (Å²) in [6.07, 6.45) is 6.93. The van der Waals surface area contributed by atoms with Crippen LogP contribution >= 0.6 is 0 Å². The Kier molecular flexibility index (Phi) is 7.46. The van der Waals surface area contributed by atoms with Crippen molar-refractivity contribution in [2.75, 3.05) is 27.3 Å². The standard InChI is InChI=1S/C31H34FNO3/c1-35-31(36-2)22-15-17-33(18-16-22)24-9-6-10-28(29(32)20-24)30-26(21-7-4-3-5-8-21)13-11-23-19-25(34)12-14-27(23)30/h3-5,7-9,12,14,19-20,22,26,28,30-31,34H,11,13,15-18H2,1-2H3/t26-,28?,30+/m1/s1. The van der Waals surface area contributed by atoms with Crippen LogP contribution in [0.2, 0.25) is 0 Å². The van der Waals surface area contributed by atoms with E-state index >= 15 is 4.39 Å². The van der Waals surface area contributed by atoms with Gasteiger partial charge in [-0.25, -0.2) is 4.39 Å². The largest absolute Gasteiger partial charge is 0.508 e. The molecule has 188 valence electrons. The second kappa shape index (κ2) is 10.9. The molecule has 4 nitrogen and oxygen atoms in total. The number of fused-ring (bicyclic) bond motifs is 1. The topological polar surface area (TPSA) is 41.9 Å². The molecule has 0 amide bonds. The molecule has 5 rings (SSSR count). The Hall–Kier alpha value is -3.07. The molecule has 1 saturated heterocycles. The van der Waals surface area contributed by atoms with Gasteiger partial charge in [0.05, 0.1) is 5.92 Å². The highest BCUT2D eigenvalue weighted by Gasteiger charge is 2.38. The van der Waals surface area contributed by atoms with Crippen molar-refractivity contribution < 1.29 is 19.0 Å². The Morgan fingerprint density at radius 1 is 1.03 bits per heavy atom. The molecule has 0 bridgehead atoms. The molecule has 0 spiro atoms. The molecule has 1 heterocycles. The maximum Gasteiger partial charge on any atom is 0.159 e. The number of benzene rings is 2. The molecule has 5 heteroatoms. The van der Waals surface area contributed by atoms with Gasteiger partial charge in [-0.05, 0) is 66.5 Å². The summed E-state index contributed by atoms with van der Waals surface area (Å²) in [6, 6.07) is 15.9. The number of nitrogens with zero attached hydrogens (tertiary/aromatic N) is 1. The monoisotopic (exact) mass is 487 g/mol. The SMILES string of the molecule is COC(OC)C1CCN(C2=CC#CC([C@@H]3c4ccc(O)cc4CC[C@@H]3c3ccccc3)C(F)=C2)CC1. The van der Waals surface area contributed by atoms with Crippen molar-refractivity contribution in [2.45, 2.75) is 43.8 Å². The van der Waals surface area contributed by atoms with Crippen LogP contribution in [0.4, 0.5) is 4.39 Å². The third-order valence-corrected chi connectivity index (χ3v) is 8.03. The number of ether oxygens (including phenoxy) is 2. The Morgan fingerprint density at radius 3 is 2.50 bits per heavy atom. The van der Waals surface area contributed by atoms with Crippen LogP contribution in [-0.4, -0.2) is 43.6 Å². The van der Waals surface area contributed by atoms with Crippen LogP contribution < -0.4 is 0 Å². The minimum atomic E-state index is -0.545. The number of hydrogen-bond acceptors (Lipinski definition) is 4. The van der Waals surface area contributed by atoms with Crippen LogP contribution in [0.1, 0.15) is 47.8 Å². The summed E-state index contributed by atoms with van der Waals surface area (Å²) in [5, 5.41) is 10.1. The number of hydrogen-bond donors (Lipinski definition) is 1. The number of phenolic OH excluding ortho intramolecular Hbond substituents is 1. The summed E-state index contributed by atoms with van der Waals surface area (Å²) >= 11 is 0. The first-order chi connectivity index (χ1) is 17.6. The van der Waals surface area contributed by atoms with Crippen molar-refractivity contribution in [1.82, 2.24) is 4.90 Å². The predicted octanol–water partition coefficient (Wildman–Crippen LogP) is 5.91. The van der Waals surface area contributed by atoms with Crippen LogP contribution in [0.5, 0.6) is 5.75 Å². The van der Waals surface area contributed by atoms with Crippen LogP contribution in [0.15, 0.2) is 72.2 Å². The molecule has 1 unspecified atom stereocenters. The lowest BCUT2D eigenvalue weighted by molar-refractivity contribution is -0.145. The van der Waals surface area contributed by atoms with Crippen LogP contribution in [0.25, 0.3) is 0 Å². The number of aryl methyl sites for hydroxylation is 1. The third-order valence-electron chi connectivity index (χ3n) is 8.03. The fraction of sp³-hybridized carbons (Fsp3) is 0.419. The minimum Gasteiger partial charge on any atom is -0.508 e. The molecule has 1 fully saturated rings. The smallest absolute Gasteiger partial charge is 0.159 e. The molecule has 0 radical (unpaired) electrons. The predicted molar refractivity (Wildman–Crippen MR) is 139 cm³/mol. The van der Waals surface area contributed by atoms with Crippen molar-refractivity contribution in [2.24, 2.45) is 11.8 Å². The van der Waals surface area contributed by atoms with Crippen molar-refractivity contribution in [3.63, 3.8) is 0 Å². The van der Waals surface area contributed by atoms with E-state index in [1.807, 2.05) is 36.4 Å². The van der Waals surface area contributed by atoms with Gasteiger partial charge >= 0.3 is 0 Å². The lowest BCUT2D eigenvalue weighted by Gasteiger charge is -2.37. The molecule has 0 aromatic heterocycles. The number of phenols is 1. The number of halogens is 1. The highest BCUT2D eigenvalue weighted by Crippen LogP contribution is 2.49. The van der Waals surface area contributed by atoms with Crippen molar-refractivity contribution >= 4 is 0 Å². The van der Waals surface area contributed by atoms with E-state index in [9.17, 15) is 5.11 Å². The van der Waals surface area contributed by atoms with Gasteiger partial charge in [-0.15, -0.1) is 0 Å². The van der Waals surface area contributed by atoms with E-state index in [2.05, 4.69) is 28.9 Å². The van der Waals surface area contributed by atoms with Gasteiger partial charge in [0.2, 0.25) is 0 Å². The molecule has 2 aromatic rings. The van der Waals surface area contributed by atoms with E-state index in [4.69, 9.17) is 9.47 Å². The van der Waals surface area contributed by atoms with Crippen LogP contribution in [0, 0.1) is 23.7 Å². The molecule has 3 aliphatic rings. The number of methoxy groups -OCH3 is 2. The summed E-state index contributed by atoms with van der Waals surface area (Å²) in [4.78, 5) is 2.22. The van der Waals surface area contributed by atoms with Gasteiger partial charge in [-0.3, -0.25) is 0 Å². The molecule has 3 atom stereocenters. The van der Waals surface area contributed by atoms with Gasteiger partial charge in [0.15, 0.2) is 6.29 Å². The Morgan fingerprint density at radius 2 is 1.78 bits per heavy atom. The van der Waals surface area contributed by atoms with Crippen LogP contribution in [-0.2, 0) is 15.9 Å². The number of allylic oxidation sites excluding steroid dienone is 3. The van der Waals surface area contributed by atoms with E-state index in [1.54, 1.807) is 26.4 Å². The third kappa shape index (κ3) is 4.93. The quantitative estimate of drug-likeness (QED) is 0.407. The summed E-state index contributed by atoms with van der Waals surface area (Å²) in [6.45, 7) is 1.63. The van der Waals surface area contributed by atoms with Crippen molar-refractivity contribution in [3.05, 3.63) is 88.9 Å². The molecular weight excluding hydrogens is 453 g/mol. The van der Waals surface area contributed by atoms with Gasteiger partial charge in [-0.1, -0.05) is 48.2 Å². The summed E-state index contributed by atoms with van der Waals surface area (Å²) in [5.41, 5.74) is 4.23. The van der Waals surface area contributed by atoms with Crippen molar-refractivity contribution in [3.8, 4) is 17.6 Å². The van der Waals surface area contributed by atoms with E-state index in [-0.39, 0.29) is 29.7 Å². The molecular formula is C31H34FNO3. The Labute approximate surface area is 213 Å². The molecule has 1 N–H and O–H groups in total. The van der Waals surface area contributed by atoms with E-state index in [0.717, 1.165) is 55.6 Å². The lowest BCUT2D eigenvalue weighted by atomic mass is 9.66. The first-order valence-electron chi connectivity index (χ1n) is 12.8.